The number of aromatic nitrogens is 1. The number of carbonyl (C=O) groups excluding carboxylic acids is 1. The Morgan fingerprint density at radius 3 is 2.56 bits per heavy atom. The van der Waals surface area contributed by atoms with Gasteiger partial charge in [-0.15, -0.1) is 0 Å². The number of anilines is 1. The van der Waals surface area contributed by atoms with E-state index >= 15 is 0 Å². The van der Waals surface area contributed by atoms with Gasteiger partial charge in [0.25, 0.3) is 0 Å². The lowest BCUT2D eigenvalue weighted by molar-refractivity contribution is -0.119. The molecule has 1 aliphatic rings. The highest BCUT2D eigenvalue weighted by Crippen LogP contribution is 2.51. The van der Waals surface area contributed by atoms with Crippen LogP contribution >= 0.6 is 0 Å². The van der Waals surface area contributed by atoms with E-state index in [0.29, 0.717) is 16.7 Å². The predicted octanol–water partition coefficient (Wildman–Crippen LogP) is 5.54. The van der Waals surface area contributed by atoms with Crippen LogP contribution in [0.2, 0.25) is 0 Å². The third-order valence-electron chi connectivity index (χ3n) is 5.27. The van der Waals surface area contributed by atoms with Gasteiger partial charge in [0, 0.05) is 23.2 Å². The van der Waals surface area contributed by atoms with E-state index in [2.05, 4.69) is 36.3 Å². The van der Waals surface area contributed by atoms with Crippen molar-refractivity contribution in [2.75, 3.05) is 5.32 Å². The highest BCUT2D eigenvalue weighted by molar-refractivity contribution is 6.13. The molecule has 0 spiro atoms. The van der Waals surface area contributed by atoms with Crippen molar-refractivity contribution < 1.29 is 9.18 Å². The molecule has 3 nitrogen and oxygen atoms in total. The van der Waals surface area contributed by atoms with Crippen LogP contribution in [-0.4, -0.2) is 10.9 Å². The first-order chi connectivity index (χ1) is 12.9. The summed E-state index contributed by atoms with van der Waals surface area (Å²) in [6.45, 7) is 6.16. The van der Waals surface area contributed by atoms with Crippen LogP contribution in [0.5, 0.6) is 0 Å². The van der Waals surface area contributed by atoms with Crippen molar-refractivity contribution in [1.29, 1.82) is 0 Å². The van der Waals surface area contributed by atoms with Gasteiger partial charge in [-0.2, -0.15) is 0 Å². The maximum atomic E-state index is 14.7. The Bertz CT molecular complexity index is 1070. The van der Waals surface area contributed by atoms with E-state index in [4.69, 9.17) is 0 Å². The van der Waals surface area contributed by atoms with Gasteiger partial charge in [0.2, 0.25) is 5.91 Å². The van der Waals surface area contributed by atoms with Gasteiger partial charge in [0.05, 0.1) is 11.1 Å². The minimum Gasteiger partial charge on any atom is -0.323 e. The van der Waals surface area contributed by atoms with Gasteiger partial charge in [-0.1, -0.05) is 50.3 Å². The summed E-state index contributed by atoms with van der Waals surface area (Å²) in [5.41, 5.74) is 2.75. The normalized spacial score (nSPS) is 18.5. The number of fused-ring (bicyclic) bond motifs is 1. The van der Waals surface area contributed by atoms with Crippen molar-refractivity contribution >= 4 is 27.9 Å². The molecule has 1 unspecified atom stereocenters. The third kappa shape index (κ3) is 3.01. The van der Waals surface area contributed by atoms with Crippen molar-refractivity contribution in [3.05, 3.63) is 77.9 Å². The third-order valence-corrected chi connectivity index (χ3v) is 5.27. The first-order valence-corrected chi connectivity index (χ1v) is 9.07. The Morgan fingerprint density at radius 1 is 1.11 bits per heavy atom. The Hall–Kier alpha value is -3.01. The van der Waals surface area contributed by atoms with Gasteiger partial charge in [-0.25, -0.2) is 4.39 Å². The Morgan fingerprint density at radius 2 is 1.85 bits per heavy atom. The number of halogens is 1. The summed E-state index contributed by atoms with van der Waals surface area (Å²) in [4.78, 5) is 16.8. The Kier molecular flexibility index (Phi) is 4.06. The maximum absolute atomic E-state index is 14.7. The minimum atomic E-state index is -0.709. The number of benzene rings is 2. The molecule has 4 heteroatoms. The fourth-order valence-electron chi connectivity index (χ4n) is 3.35. The van der Waals surface area contributed by atoms with E-state index in [1.807, 2.05) is 25.1 Å². The number of rotatable bonds is 4. The fourth-order valence-corrected chi connectivity index (χ4v) is 3.35. The summed E-state index contributed by atoms with van der Waals surface area (Å²) in [5, 5.41) is 3.90. The molecule has 2 aromatic carbocycles. The topological polar surface area (TPSA) is 42.0 Å². The first-order valence-electron chi connectivity index (χ1n) is 9.07. The quantitative estimate of drug-likeness (QED) is 0.664. The summed E-state index contributed by atoms with van der Waals surface area (Å²) >= 11 is 0. The summed E-state index contributed by atoms with van der Waals surface area (Å²) in [7, 11) is 0. The zero-order chi connectivity index (χ0) is 19.2. The largest absolute Gasteiger partial charge is 0.323 e. The average Bonchev–Trinajstić information content (AvgIpc) is 3.37. The van der Waals surface area contributed by atoms with Crippen molar-refractivity contribution in [3.8, 4) is 0 Å². The van der Waals surface area contributed by atoms with E-state index in [1.54, 1.807) is 30.6 Å². The maximum Gasteiger partial charge on any atom is 0.238 e. The molecule has 1 amide bonds. The van der Waals surface area contributed by atoms with Crippen molar-refractivity contribution in [3.63, 3.8) is 0 Å². The van der Waals surface area contributed by atoms with Gasteiger partial charge in [-0.05, 0) is 41.7 Å². The number of nitrogens with one attached hydrogen (secondary N) is 1. The molecule has 1 aromatic heterocycles. The summed E-state index contributed by atoms with van der Waals surface area (Å²) in [6.07, 6.45) is 5.07. The zero-order valence-electron chi connectivity index (χ0n) is 15.6. The van der Waals surface area contributed by atoms with E-state index in [0.717, 1.165) is 11.1 Å². The summed E-state index contributed by atoms with van der Waals surface area (Å²) in [6, 6.07) is 13.2. The molecule has 3 aromatic rings. The lowest BCUT2D eigenvalue weighted by Gasteiger charge is -2.15. The van der Waals surface area contributed by atoms with Gasteiger partial charge >= 0.3 is 0 Å². The van der Waals surface area contributed by atoms with Crippen LogP contribution in [-0.2, 0) is 4.79 Å². The Labute approximate surface area is 157 Å². The van der Waals surface area contributed by atoms with Crippen LogP contribution in [0.25, 0.3) is 16.3 Å². The number of amides is 1. The zero-order valence-corrected chi connectivity index (χ0v) is 15.6. The standard InChI is InChI=1S/C23H21FN2O/c1-14(2)15-4-6-16(7-5-15)19-12-23(19,3)22(27)26-20-9-8-17-13-25-11-10-18(17)21(20)24/h4-14H,1-3H3,(H,26,27). The number of carbonyl (C=O) groups is 1. The molecule has 0 saturated carbocycles. The lowest BCUT2D eigenvalue weighted by atomic mass is 9.95. The SMILES string of the molecule is CC(C)c1ccc(C2=CC2(C)C(=O)Nc2ccc3cnccc3c2F)cc1. The first kappa shape index (κ1) is 17.4. The van der Waals surface area contributed by atoms with Gasteiger partial charge < -0.3 is 5.32 Å². The van der Waals surface area contributed by atoms with E-state index < -0.39 is 11.2 Å². The van der Waals surface area contributed by atoms with Crippen LogP contribution in [0, 0.1) is 11.2 Å². The van der Waals surface area contributed by atoms with Crippen LogP contribution in [0.3, 0.4) is 0 Å². The molecule has 0 aliphatic heterocycles. The number of hydrogen-bond donors (Lipinski definition) is 1. The highest BCUT2D eigenvalue weighted by atomic mass is 19.1. The van der Waals surface area contributed by atoms with Crippen molar-refractivity contribution in [2.24, 2.45) is 5.41 Å². The van der Waals surface area contributed by atoms with E-state index in [1.165, 1.54) is 5.56 Å². The lowest BCUT2D eigenvalue weighted by Crippen LogP contribution is -2.24. The molecule has 0 fully saturated rings. The molecule has 0 radical (unpaired) electrons. The summed E-state index contributed by atoms with van der Waals surface area (Å²) < 4.78 is 14.7. The van der Waals surface area contributed by atoms with Gasteiger partial charge in [0.1, 0.15) is 0 Å². The van der Waals surface area contributed by atoms with Gasteiger partial charge in [-0.3, -0.25) is 9.78 Å². The molecule has 4 rings (SSSR count). The molecule has 1 aliphatic carbocycles. The molecule has 1 N–H and O–H groups in total. The molecule has 1 atom stereocenters. The number of pyridine rings is 1. The smallest absolute Gasteiger partial charge is 0.238 e. The monoisotopic (exact) mass is 360 g/mol. The van der Waals surface area contributed by atoms with E-state index in [9.17, 15) is 9.18 Å². The summed E-state index contributed by atoms with van der Waals surface area (Å²) in [5.74, 6) is -0.193. The van der Waals surface area contributed by atoms with Crippen LogP contribution in [0.15, 0.2) is 60.9 Å². The van der Waals surface area contributed by atoms with Gasteiger partial charge in [0.15, 0.2) is 5.82 Å². The second-order valence-corrected chi connectivity index (χ2v) is 7.52. The van der Waals surface area contributed by atoms with Crippen molar-refractivity contribution in [1.82, 2.24) is 4.98 Å². The highest BCUT2D eigenvalue weighted by Gasteiger charge is 2.47. The molecule has 0 saturated heterocycles. The number of nitrogens with zero attached hydrogens (tertiary/aromatic N) is 1. The molecule has 1 heterocycles. The van der Waals surface area contributed by atoms with Crippen LogP contribution in [0.1, 0.15) is 37.8 Å². The second kappa shape index (κ2) is 6.31. The number of hydrogen-bond acceptors (Lipinski definition) is 2. The Balaban J connectivity index is 1.53. The molecular weight excluding hydrogens is 339 g/mol. The molecule has 0 bridgehead atoms. The minimum absolute atomic E-state index is 0.190. The van der Waals surface area contributed by atoms with Crippen LogP contribution in [0.4, 0.5) is 10.1 Å². The molecule has 136 valence electrons. The van der Waals surface area contributed by atoms with Crippen LogP contribution < -0.4 is 5.32 Å². The fraction of sp³-hybridized carbons (Fsp3) is 0.217. The van der Waals surface area contributed by atoms with E-state index in [-0.39, 0.29) is 11.6 Å². The predicted molar refractivity (Wildman–Crippen MR) is 107 cm³/mol. The second-order valence-electron chi connectivity index (χ2n) is 7.52. The molecule has 27 heavy (non-hydrogen) atoms. The average molecular weight is 360 g/mol. The van der Waals surface area contributed by atoms with Crippen molar-refractivity contribution in [2.45, 2.75) is 26.7 Å². The molecular formula is C23H21FN2O.